The number of methoxy groups -OCH3 is 1. The number of piperidine rings is 1. The lowest BCUT2D eigenvalue weighted by atomic mass is 10.0. The van der Waals surface area contributed by atoms with Gasteiger partial charge >= 0.3 is 6.09 Å². The Bertz CT molecular complexity index is 1160. The van der Waals surface area contributed by atoms with E-state index in [4.69, 9.17) is 9.47 Å². The van der Waals surface area contributed by atoms with Gasteiger partial charge in [0.2, 0.25) is 0 Å². The first kappa shape index (κ1) is 21.9. The summed E-state index contributed by atoms with van der Waals surface area (Å²) in [6.45, 7) is 6.70. The quantitative estimate of drug-likeness (QED) is 0.612. The minimum atomic E-state index is -0.510. The van der Waals surface area contributed by atoms with Crippen LogP contribution in [-0.2, 0) is 4.74 Å². The number of nitrogens with one attached hydrogen (secondary N) is 1. The van der Waals surface area contributed by atoms with Crippen molar-refractivity contribution in [1.82, 2.24) is 15.2 Å². The smallest absolute Gasteiger partial charge is 0.410 e. The molecule has 0 bridgehead atoms. The molecule has 0 unspecified atom stereocenters. The number of aromatic nitrogens is 1. The molecule has 3 aromatic rings. The summed E-state index contributed by atoms with van der Waals surface area (Å²) in [5.41, 5.74) is 0.839. The molecule has 0 spiro atoms. The monoisotopic (exact) mass is 435 g/mol. The van der Waals surface area contributed by atoms with Crippen molar-refractivity contribution in [3.8, 4) is 5.75 Å². The molecule has 2 amide bonds. The van der Waals surface area contributed by atoms with Gasteiger partial charge in [-0.25, -0.2) is 4.79 Å². The van der Waals surface area contributed by atoms with Gasteiger partial charge in [0.05, 0.1) is 12.6 Å². The van der Waals surface area contributed by atoms with Crippen molar-refractivity contribution >= 4 is 33.7 Å². The van der Waals surface area contributed by atoms with Crippen LogP contribution in [0.5, 0.6) is 5.75 Å². The third-order valence-corrected chi connectivity index (χ3v) is 5.63. The number of carbonyl (C=O) groups excluding carboxylic acids is 2. The number of nitrogens with zero attached hydrogens (tertiary/aromatic N) is 2. The summed E-state index contributed by atoms with van der Waals surface area (Å²) in [6, 6.07) is 11.5. The van der Waals surface area contributed by atoms with E-state index in [1.54, 1.807) is 18.2 Å². The summed E-state index contributed by atoms with van der Waals surface area (Å²) >= 11 is 0. The van der Waals surface area contributed by atoms with E-state index >= 15 is 0 Å². The molecule has 1 aliphatic rings. The minimum Gasteiger partial charge on any atom is -0.497 e. The molecule has 7 heteroatoms. The first-order chi connectivity index (χ1) is 15.2. The predicted octanol–water partition coefficient (Wildman–Crippen LogP) is 4.53. The van der Waals surface area contributed by atoms with Crippen LogP contribution >= 0.6 is 0 Å². The maximum absolute atomic E-state index is 12.8. The third-order valence-electron chi connectivity index (χ3n) is 5.63. The van der Waals surface area contributed by atoms with Crippen LogP contribution in [-0.4, -0.2) is 53.7 Å². The lowest BCUT2D eigenvalue weighted by molar-refractivity contribution is 0.0199. The fourth-order valence-corrected chi connectivity index (χ4v) is 3.97. The van der Waals surface area contributed by atoms with Gasteiger partial charge in [-0.05, 0) is 69.3 Å². The number of hydrogen-bond donors (Lipinski definition) is 1. The van der Waals surface area contributed by atoms with Gasteiger partial charge in [0.1, 0.15) is 11.4 Å². The number of fused-ring (bicyclic) bond motifs is 3. The molecular formula is C25H29N3O4. The topological polar surface area (TPSA) is 80.8 Å². The van der Waals surface area contributed by atoms with Crippen LogP contribution in [0.15, 0.2) is 42.6 Å². The van der Waals surface area contributed by atoms with Crippen molar-refractivity contribution in [2.75, 3.05) is 20.2 Å². The van der Waals surface area contributed by atoms with Gasteiger partial charge in [0.15, 0.2) is 0 Å². The molecule has 0 aliphatic carbocycles. The Kier molecular flexibility index (Phi) is 5.91. The van der Waals surface area contributed by atoms with Crippen LogP contribution in [0.1, 0.15) is 44.0 Å². The van der Waals surface area contributed by atoms with Crippen molar-refractivity contribution in [3.05, 3.63) is 48.2 Å². The van der Waals surface area contributed by atoms with Gasteiger partial charge < -0.3 is 19.7 Å². The number of likely N-dealkylation sites (tertiary alicyclic amines) is 1. The predicted molar refractivity (Wildman–Crippen MR) is 124 cm³/mol. The van der Waals surface area contributed by atoms with Crippen molar-refractivity contribution in [3.63, 3.8) is 0 Å². The van der Waals surface area contributed by atoms with Crippen molar-refractivity contribution in [1.29, 1.82) is 0 Å². The summed E-state index contributed by atoms with van der Waals surface area (Å²) < 4.78 is 10.7. The van der Waals surface area contributed by atoms with Crippen molar-refractivity contribution in [2.24, 2.45) is 0 Å². The van der Waals surface area contributed by atoms with Gasteiger partial charge in [-0.2, -0.15) is 0 Å². The molecular weight excluding hydrogens is 406 g/mol. The molecule has 4 rings (SSSR count). The molecule has 0 saturated carbocycles. The van der Waals surface area contributed by atoms with Gasteiger partial charge in [0, 0.05) is 41.7 Å². The van der Waals surface area contributed by atoms with E-state index in [-0.39, 0.29) is 18.0 Å². The SMILES string of the molecule is COc1ccc2c(cnc3cc(C(=O)NC4CCN(C(=O)OC(C)(C)C)CC4)ccc32)c1. The summed E-state index contributed by atoms with van der Waals surface area (Å²) in [7, 11) is 1.64. The third kappa shape index (κ3) is 4.77. The zero-order valence-electron chi connectivity index (χ0n) is 19.0. The Hall–Kier alpha value is -3.35. The van der Waals surface area contributed by atoms with Crippen LogP contribution in [0.25, 0.3) is 21.7 Å². The first-order valence-electron chi connectivity index (χ1n) is 10.9. The fourth-order valence-electron chi connectivity index (χ4n) is 3.97. The number of benzene rings is 2. The summed E-state index contributed by atoms with van der Waals surface area (Å²) in [5.74, 6) is 0.659. The lowest BCUT2D eigenvalue weighted by Crippen LogP contribution is -2.47. The molecule has 168 valence electrons. The molecule has 0 radical (unpaired) electrons. The van der Waals surface area contributed by atoms with Gasteiger partial charge in [-0.1, -0.05) is 6.07 Å². The second-order valence-corrected chi connectivity index (χ2v) is 9.16. The number of hydrogen-bond acceptors (Lipinski definition) is 5. The maximum Gasteiger partial charge on any atom is 0.410 e. The number of ether oxygens (including phenoxy) is 2. The molecule has 1 fully saturated rings. The number of amides is 2. The zero-order valence-corrected chi connectivity index (χ0v) is 19.0. The van der Waals surface area contributed by atoms with Crippen molar-refractivity contribution < 1.29 is 19.1 Å². The van der Waals surface area contributed by atoms with Crippen LogP contribution in [0.2, 0.25) is 0 Å². The average Bonchev–Trinajstić information content (AvgIpc) is 2.77. The molecule has 0 atom stereocenters. The zero-order chi connectivity index (χ0) is 22.9. The highest BCUT2D eigenvalue weighted by atomic mass is 16.6. The maximum atomic E-state index is 12.8. The van der Waals surface area contributed by atoms with Gasteiger partial charge in [-0.3, -0.25) is 9.78 Å². The Morgan fingerprint density at radius 1 is 1.06 bits per heavy atom. The molecule has 1 saturated heterocycles. The van der Waals surface area contributed by atoms with E-state index < -0.39 is 5.60 Å². The highest BCUT2D eigenvalue weighted by molar-refractivity contribution is 6.08. The van der Waals surface area contributed by atoms with Crippen LogP contribution in [0.3, 0.4) is 0 Å². The molecule has 1 aromatic heterocycles. The lowest BCUT2D eigenvalue weighted by Gasteiger charge is -2.33. The molecule has 32 heavy (non-hydrogen) atoms. The van der Waals surface area contributed by atoms with E-state index in [0.29, 0.717) is 31.5 Å². The van der Waals surface area contributed by atoms with Crippen LogP contribution in [0, 0.1) is 0 Å². The molecule has 2 aromatic carbocycles. The highest BCUT2D eigenvalue weighted by Gasteiger charge is 2.27. The van der Waals surface area contributed by atoms with E-state index in [9.17, 15) is 9.59 Å². The van der Waals surface area contributed by atoms with E-state index in [1.165, 1.54) is 0 Å². The Morgan fingerprint density at radius 2 is 1.78 bits per heavy atom. The highest BCUT2D eigenvalue weighted by Crippen LogP contribution is 2.27. The standard InChI is InChI=1S/C25H29N3O4/c1-25(2,3)32-24(30)28-11-9-18(10-12-28)27-23(29)16-5-7-21-20-8-6-19(31-4)13-17(20)15-26-22(21)14-16/h5-8,13-15,18H,9-12H2,1-4H3,(H,27,29). The fraction of sp³-hybridized carbons (Fsp3) is 0.400. The largest absolute Gasteiger partial charge is 0.497 e. The Morgan fingerprint density at radius 3 is 2.47 bits per heavy atom. The Balaban J connectivity index is 1.42. The number of carbonyl (C=O) groups is 2. The summed E-state index contributed by atoms with van der Waals surface area (Å²) in [5, 5.41) is 6.15. The van der Waals surface area contributed by atoms with Gasteiger partial charge in [0.25, 0.3) is 5.91 Å². The molecule has 7 nitrogen and oxygen atoms in total. The second-order valence-electron chi connectivity index (χ2n) is 9.16. The number of pyridine rings is 1. The minimum absolute atomic E-state index is 0.0221. The second kappa shape index (κ2) is 8.65. The average molecular weight is 436 g/mol. The molecule has 1 aliphatic heterocycles. The van der Waals surface area contributed by atoms with Crippen LogP contribution < -0.4 is 10.1 Å². The van der Waals surface area contributed by atoms with Crippen LogP contribution in [0.4, 0.5) is 4.79 Å². The van der Waals surface area contributed by atoms with Gasteiger partial charge in [-0.15, -0.1) is 0 Å². The van der Waals surface area contributed by atoms with E-state index in [0.717, 1.165) is 27.4 Å². The first-order valence-corrected chi connectivity index (χ1v) is 10.9. The van der Waals surface area contributed by atoms with Crippen molar-refractivity contribution in [2.45, 2.75) is 45.3 Å². The molecule has 1 N–H and O–H groups in total. The van der Waals surface area contributed by atoms with E-state index in [1.807, 2.05) is 57.2 Å². The molecule has 2 heterocycles. The summed E-state index contributed by atoms with van der Waals surface area (Å²) in [4.78, 5) is 31.3. The Labute approximate surface area is 187 Å². The van der Waals surface area contributed by atoms with E-state index in [2.05, 4.69) is 10.3 Å². The number of rotatable bonds is 3. The summed E-state index contributed by atoms with van der Waals surface area (Å²) in [6.07, 6.45) is 2.90. The normalized spacial score (nSPS) is 15.1.